The molecule has 32 heavy (non-hydrogen) atoms. The number of rotatable bonds is 7. The van der Waals surface area contributed by atoms with Crippen LogP contribution in [-0.4, -0.2) is 51.8 Å². The Hall–Kier alpha value is -3.95. The van der Waals surface area contributed by atoms with Crippen LogP contribution in [0.4, 0.5) is 10.5 Å². The van der Waals surface area contributed by atoms with Crippen molar-refractivity contribution in [3.63, 3.8) is 0 Å². The number of amidine groups is 1. The number of anilines is 1. The number of carboxylic acid groups (broad SMARTS) is 1. The first-order valence-corrected chi connectivity index (χ1v) is 10.3. The van der Waals surface area contributed by atoms with Crippen LogP contribution in [0.25, 0.3) is 0 Å². The Morgan fingerprint density at radius 1 is 1.19 bits per heavy atom. The largest absolute Gasteiger partial charge is 0.481 e. The number of amides is 3. The lowest BCUT2D eigenvalue weighted by atomic mass is 9.95. The Balaban J connectivity index is 1.52. The first-order chi connectivity index (χ1) is 15.3. The summed E-state index contributed by atoms with van der Waals surface area (Å²) in [5, 5.41) is 22.2. The van der Waals surface area contributed by atoms with Gasteiger partial charge in [-0.15, -0.1) is 0 Å². The molecule has 1 atom stereocenters. The Bertz CT molecular complexity index is 972. The smallest absolute Gasteiger partial charge is 0.321 e. The summed E-state index contributed by atoms with van der Waals surface area (Å²) in [6.45, 7) is 0.817. The quantitative estimate of drug-likeness (QED) is 0.328. The molecule has 0 radical (unpaired) electrons. The van der Waals surface area contributed by atoms with E-state index in [-0.39, 0.29) is 30.1 Å². The highest BCUT2D eigenvalue weighted by Gasteiger charge is 2.29. The van der Waals surface area contributed by atoms with Gasteiger partial charge in [-0.05, 0) is 48.7 Å². The van der Waals surface area contributed by atoms with Gasteiger partial charge in [-0.3, -0.25) is 20.0 Å². The van der Waals surface area contributed by atoms with E-state index in [1.54, 1.807) is 53.7 Å². The number of nitrogen functional groups attached to an aromatic ring is 1. The van der Waals surface area contributed by atoms with Gasteiger partial charge in [0.1, 0.15) is 5.84 Å². The molecular weight excluding hydrogens is 412 g/mol. The molecule has 2 aromatic rings. The fourth-order valence-electron chi connectivity index (χ4n) is 3.58. The van der Waals surface area contributed by atoms with Gasteiger partial charge in [0.05, 0.1) is 12.5 Å². The van der Waals surface area contributed by atoms with Crippen molar-refractivity contribution in [1.82, 2.24) is 15.2 Å². The minimum Gasteiger partial charge on any atom is -0.481 e. The molecule has 10 heteroatoms. The molecule has 1 aromatic carbocycles. The average Bonchev–Trinajstić information content (AvgIpc) is 2.79. The van der Waals surface area contributed by atoms with Crippen molar-refractivity contribution < 1.29 is 19.5 Å². The predicted molar refractivity (Wildman–Crippen MR) is 118 cm³/mol. The molecule has 1 saturated heterocycles. The number of pyridine rings is 1. The van der Waals surface area contributed by atoms with Crippen molar-refractivity contribution in [1.29, 1.82) is 5.41 Å². The number of carboxylic acids is 1. The van der Waals surface area contributed by atoms with Crippen LogP contribution >= 0.6 is 0 Å². The van der Waals surface area contributed by atoms with E-state index in [0.717, 1.165) is 0 Å². The van der Waals surface area contributed by atoms with Crippen molar-refractivity contribution in [3.05, 3.63) is 59.9 Å². The second kappa shape index (κ2) is 10.4. The molecule has 1 aliphatic heterocycles. The van der Waals surface area contributed by atoms with Crippen LogP contribution in [0.1, 0.15) is 36.4 Å². The van der Waals surface area contributed by atoms with E-state index in [1.165, 1.54) is 0 Å². The van der Waals surface area contributed by atoms with Crippen LogP contribution < -0.4 is 16.4 Å². The first kappa shape index (κ1) is 22.7. The number of nitrogens with zero attached hydrogens (tertiary/aromatic N) is 2. The molecule has 10 nitrogen and oxygen atoms in total. The van der Waals surface area contributed by atoms with Gasteiger partial charge in [-0.2, -0.15) is 0 Å². The maximum Gasteiger partial charge on any atom is 0.321 e. The Morgan fingerprint density at radius 2 is 1.88 bits per heavy atom. The zero-order chi connectivity index (χ0) is 23.1. The molecule has 3 rings (SSSR count). The molecule has 3 amide bonds. The topological polar surface area (TPSA) is 162 Å². The average molecular weight is 438 g/mol. The predicted octanol–water partition coefficient (Wildman–Crippen LogP) is 1.94. The number of carbonyl (C=O) groups excluding carboxylic acids is 2. The second-order valence-electron chi connectivity index (χ2n) is 7.63. The third-order valence-electron chi connectivity index (χ3n) is 5.38. The Morgan fingerprint density at radius 3 is 2.44 bits per heavy atom. The number of piperidine rings is 1. The molecule has 0 saturated carbocycles. The molecule has 6 N–H and O–H groups in total. The van der Waals surface area contributed by atoms with E-state index in [4.69, 9.17) is 11.1 Å². The highest BCUT2D eigenvalue weighted by Crippen LogP contribution is 2.22. The normalized spacial score (nSPS) is 14.9. The number of carbonyl (C=O) groups is 3. The second-order valence-corrected chi connectivity index (χ2v) is 7.63. The molecule has 0 aliphatic carbocycles. The van der Waals surface area contributed by atoms with Crippen LogP contribution in [-0.2, 0) is 9.59 Å². The number of urea groups is 1. The van der Waals surface area contributed by atoms with Gasteiger partial charge in [-0.1, -0.05) is 6.07 Å². The van der Waals surface area contributed by atoms with Crippen LogP contribution in [0, 0.1) is 11.3 Å². The van der Waals surface area contributed by atoms with E-state index >= 15 is 0 Å². The Kier molecular flexibility index (Phi) is 7.37. The highest BCUT2D eigenvalue weighted by molar-refractivity contribution is 5.96. The van der Waals surface area contributed by atoms with Crippen LogP contribution in [0.15, 0.2) is 48.8 Å². The van der Waals surface area contributed by atoms with Crippen LogP contribution in [0.5, 0.6) is 0 Å². The van der Waals surface area contributed by atoms with Gasteiger partial charge in [0.15, 0.2) is 0 Å². The summed E-state index contributed by atoms with van der Waals surface area (Å²) in [4.78, 5) is 42.1. The number of aromatic nitrogens is 1. The summed E-state index contributed by atoms with van der Waals surface area (Å²) < 4.78 is 0. The summed E-state index contributed by atoms with van der Waals surface area (Å²) in [5.74, 6) is -1.58. The van der Waals surface area contributed by atoms with E-state index in [0.29, 0.717) is 42.7 Å². The van der Waals surface area contributed by atoms with Crippen molar-refractivity contribution in [2.24, 2.45) is 11.7 Å². The lowest BCUT2D eigenvalue weighted by Gasteiger charge is -2.32. The van der Waals surface area contributed by atoms with Gasteiger partial charge < -0.3 is 26.4 Å². The minimum absolute atomic E-state index is 0.0441. The zero-order valence-electron chi connectivity index (χ0n) is 17.5. The summed E-state index contributed by atoms with van der Waals surface area (Å²) in [7, 11) is 0. The fraction of sp³-hybridized carbons (Fsp3) is 0.318. The van der Waals surface area contributed by atoms with Gasteiger partial charge in [-0.25, -0.2) is 4.79 Å². The van der Waals surface area contributed by atoms with Crippen molar-refractivity contribution in [2.45, 2.75) is 25.3 Å². The number of hydrogen-bond donors (Lipinski definition) is 5. The first-order valence-electron chi connectivity index (χ1n) is 10.3. The molecule has 0 bridgehead atoms. The van der Waals surface area contributed by atoms with Gasteiger partial charge in [0, 0.05) is 42.7 Å². The SMILES string of the molecule is N=C(N)c1ccc(NC(=O)N2CCC(C(=O)NC(CC(=O)O)c3cccnc3)CC2)cc1. The molecule has 1 aromatic heterocycles. The number of benzene rings is 1. The fourth-order valence-corrected chi connectivity index (χ4v) is 3.58. The maximum absolute atomic E-state index is 12.7. The molecule has 1 fully saturated rings. The lowest BCUT2D eigenvalue weighted by Crippen LogP contribution is -2.45. The lowest BCUT2D eigenvalue weighted by molar-refractivity contribution is -0.138. The highest BCUT2D eigenvalue weighted by atomic mass is 16.4. The third-order valence-corrected chi connectivity index (χ3v) is 5.38. The third kappa shape index (κ3) is 6.03. The van der Waals surface area contributed by atoms with E-state index < -0.39 is 12.0 Å². The zero-order valence-corrected chi connectivity index (χ0v) is 17.5. The minimum atomic E-state index is -1.01. The van der Waals surface area contributed by atoms with Crippen molar-refractivity contribution in [2.75, 3.05) is 18.4 Å². The van der Waals surface area contributed by atoms with E-state index in [1.807, 2.05) is 0 Å². The maximum atomic E-state index is 12.7. The van der Waals surface area contributed by atoms with Crippen LogP contribution in [0.3, 0.4) is 0 Å². The van der Waals surface area contributed by atoms with Gasteiger partial charge in [0.25, 0.3) is 0 Å². The summed E-state index contributed by atoms with van der Waals surface area (Å²) in [5.41, 5.74) is 7.23. The number of likely N-dealkylation sites (tertiary alicyclic amines) is 1. The Labute approximate surface area is 185 Å². The van der Waals surface area contributed by atoms with E-state index in [9.17, 15) is 19.5 Å². The molecule has 0 spiro atoms. The molecule has 1 unspecified atom stereocenters. The monoisotopic (exact) mass is 438 g/mol. The number of hydrogen-bond acceptors (Lipinski definition) is 5. The summed E-state index contributed by atoms with van der Waals surface area (Å²) in [6.07, 6.45) is 3.86. The number of nitrogens with one attached hydrogen (secondary N) is 3. The molecule has 168 valence electrons. The summed E-state index contributed by atoms with van der Waals surface area (Å²) in [6, 6.07) is 9.17. The standard InChI is InChI=1S/C22H26N6O4/c23-20(24)14-3-5-17(6-4-14)26-22(32)28-10-7-15(8-11-28)21(31)27-18(12-19(29)30)16-2-1-9-25-13-16/h1-6,9,13,15,18H,7-8,10-12H2,(H3,23,24)(H,26,32)(H,27,31)(H,29,30). The number of aliphatic carboxylic acids is 1. The molecule has 1 aliphatic rings. The van der Waals surface area contributed by atoms with Crippen molar-refractivity contribution >= 4 is 29.4 Å². The van der Waals surface area contributed by atoms with Gasteiger partial charge in [0.2, 0.25) is 5.91 Å². The summed E-state index contributed by atoms with van der Waals surface area (Å²) >= 11 is 0. The number of nitrogens with two attached hydrogens (primary N) is 1. The van der Waals surface area contributed by atoms with Crippen molar-refractivity contribution in [3.8, 4) is 0 Å². The van der Waals surface area contributed by atoms with Gasteiger partial charge >= 0.3 is 12.0 Å². The van der Waals surface area contributed by atoms with Crippen LogP contribution in [0.2, 0.25) is 0 Å². The molecule has 2 heterocycles. The van der Waals surface area contributed by atoms with E-state index in [2.05, 4.69) is 15.6 Å². The molecular formula is C22H26N6O4.